The van der Waals surface area contributed by atoms with E-state index < -0.39 is 0 Å². The summed E-state index contributed by atoms with van der Waals surface area (Å²) in [6, 6.07) is 0. The van der Waals surface area contributed by atoms with Crippen molar-refractivity contribution in [2.75, 3.05) is 6.61 Å². The van der Waals surface area contributed by atoms with E-state index in [1.165, 1.54) is 51.4 Å². The summed E-state index contributed by atoms with van der Waals surface area (Å²) in [7, 11) is 0. The van der Waals surface area contributed by atoms with Gasteiger partial charge < -0.3 is 10.5 Å². The normalized spacial score (nSPS) is 36.6. The van der Waals surface area contributed by atoms with Gasteiger partial charge in [0.15, 0.2) is 0 Å². The van der Waals surface area contributed by atoms with E-state index in [-0.39, 0.29) is 5.54 Å². The lowest BCUT2D eigenvalue weighted by molar-refractivity contribution is 0.0779. The van der Waals surface area contributed by atoms with Gasteiger partial charge in [-0.1, -0.05) is 27.2 Å². The first-order valence-corrected chi connectivity index (χ1v) is 8.36. The molecule has 1 heterocycles. The maximum atomic E-state index is 6.63. The molecule has 1 unspecified atom stereocenters. The zero-order chi connectivity index (χ0) is 13.9. The van der Waals surface area contributed by atoms with Crippen molar-refractivity contribution in [3.8, 4) is 0 Å². The molecule has 1 saturated carbocycles. The number of hydrogen-bond acceptors (Lipinski definition) is 2. The molecular formula is C17H33NO. The van der Waals surface area contributed by atoms with Crippen LogP contribution in [0.2, 0.25) is 0 Å². The van der Waals surface area contributed by atoms with Gasteiger partial charge in [-0.2, -0.15) is 0 Å². The van der Waals surface area contributed by atoms with Crippen molar-refractivity contribution in [2.24, 2.45) is 17.1 Å². The van der Waals surface area contributed by atoms with Crippen molar-refractivity contribution in [3.63, 3.8) is 0 Å². The summed E-state index contributed by atoms with van der Waals surface area (Å²) in [6.45, 7) is 8.14. The van der Waals surface area contributed by atoms with Crippen molar-refractivity contribution in [3.05, 3.63) is 0 Å². The Morgan fingerprint density at radius 2 is 1.89 bits per heavy atom. The van der Waals surface area contributed by atoms with Crippen LogP contribution < -0.4 is 5.73 Å². The van der Waals surface area contributed by atoms with Gasteiger partial charge in [0.1, 0.15) is 0 Å². The Balaban J connectivity index is 1.77. The zero-order valence-corrected chi connectivity index (χ0v) is 13.2. The second-order valence-electron chi connectivity index (χ2n) is 7.65. The first kappa shape index (κ1) is 15.3. The molecule has 0 aromatic rings. The molecule has 2 heteroatoms. The first-order chi connectivity index (χ1) is 8.95. The zero-order valence-electron chi connectivity index (χ0n) is 13.2. The van der Waals surface area contributed by atoms with Crippen LogP contribution in [0.3, 0.4) is 0 Å². The summed E-state index contributed by atoms with van der Waals surface area (Å²) in [5.74, 6) is 0.872. The van der Waals surface area contributed by atoms with Gasteiger partial charge in [0.05, 0.1) is 6.10 Å². The largest absolute Gasteiger partial charge is 0.378 e. The predicted octanol–water partition coefficient (Wildman–Crippen LogP) is 4.27. The van der Waals surface area contributed by atoms with Crippen LogP contribution in [0.5, 0.6) is 0 Å². The molecule has 1 aliphatic carbocycles. The van der Waals surface area contributed by atoms with E-state index in [1.54, 1.807) is 0 Å². The van der Waals surface area contributed by atoms with Gasteiger partial charge in [0.25, 0.3) is 0 Å². The fourth-order valence-electron chi connectivity index (χ4n) is 3.83. The molecule has 1 saturated heterocycles. The minimum Gasteiger partial charge on any atom is -0.378 e. The smallest absolute Gasteiger partial charge is 0.0576 e. The summed E-state index contributed by atoms with van der Waals surface area (Å²) in [5, 5.41) is 0. The summed E-state index contributed by atoms with van der Waals surface area (Å²) >= 11 is 0. The minimum atomic E-state index is 0.103. The molecule has 2 fully saturated rings. The van der Waals surface area contributed by atoms with Gasteiger partial charge in [-0.05, 0) is 62.7 Å². The van der Waals surface area contributed by atoms with Crippen LogP contribution in [0.4, 0.5) is 0 Å². The van der Waals surface area contributed by atoms with Gasteiger partial charge in [-0.15, -0.1) is 0 Å². The molecule has 2 N–H and O–H groups in total. The Hall–Kier alpha value is -0.0800. The predicted molar refractivity (Wildman–Crippen MR) is 81.2 cm³/mol. The van der Waals surface area contributed by atoms with Gasteiger partial charge >= 0.3 is 0 Å². The van der Waals surface area contributed by atoms with Crippen LogP contribution in [0.25, 0.3) is 0 Å². The number of nitrogens with two attached hydrogens (primary N) is 1. The van der Waals surface area contributed by atoms with E-state index in [1.807, 2.05) is 0 Å². The van der Waals surface area contributed by atoms with E-state index in [4.69, 9.17) is 10.5 Å². The summed E-state index contributed by atoms with van der Waals surface area (Å²) in [4.78, 5) is 0. The highest BCUT2D eigenvalue weighted by Gasteiger charge is 2.37. The van der Waals surface area contributed by atoms with Crippen molar-refractivity contribution in [2.45, 2.75) is 90.2 Å². The second-order valence-corrected chi connectivity index (χ2v) is 7.65. The van der Waals surface area contributed by atoms with Crippen LogP contribution in [-0.4, -0.2) is 18.2 Å². The van der Waals surface area contributed by atoms with Crippen molar-refractivity contribution in [1.29, 1.82) is 0 Å². The molecular weight excluding hydrogens is 234 g/mol. The Bertz CT molecular complexity index is 273. The summed E-state index contributed by atoms with van der Waals surface area (Å²) in [6.07, 6.45) is 11.7. The maximum absolute atomic E-state index is 6.63. The molecule has 0 aromatic carbocycles. The molecule has 2 aliphatic rings. The van der Waals surface area contributed by atoms with Gasteiger partial charge in [-0.3, -0.25) is 0 Å². The number of hydrogen-bond donors (Lipinski definition) is 1. The fraction of sp³-hybridized carbons (Fsp3) is 1.00. The highest BCUT2D eigenvalue weighted by atomic mass is 16.5. The molecule has 112 valence electrons. The molecule has 2 nitrogen and oxygen atoms in total. The van der Waals surface area contributed by atoms with Crippen LogP contribution in [-0.2, 0) is 4.74 Å². The Labute approximate surface area is 119 Å². The highest BCUT2D eigenvalue weighted by Crippen LogP contribution is 2.44. The van der Waals surface area contributed by atoms with Crippen LogP contribution >= 0.6 is 0 Å². The Morgan fingerprint density at radius 1 is 1.21 bits per heavy atom. The molecule has 0 aromatic heterocycles. The Morgan fingerprint density at radius 3 is 2.42 bits per heavy atom. The monoisotopic (exact) mass is 267 g/mol. The van der Waals surface area contributed by atoms with E-state index in [0.717, 1.165) is 18.9 Å². The molecule has 2 rings (SSSR count). The molecule has 0 bridgehead atoms. The van der Waals surface area contributed by atoms with E-state index in [2.05, 4.69) is 20.8 Å². The second kappa shape index (κ2) is 6.13. The topological polar surface area (TPSA) is 35.2 Å². The molecule has 1 atom stereocenters. The van der Waals surface area contributed by atoms with Crippen molar-refractivity contribution < 1.29 is 4.74 Å². The lowest BCUT2D eigenvalue weighted by Gasteiger charge is -2.43. The standard InChI is InChI=1S/C17H33NO/c1-4-16(2,3)14-7-10-17(18,11-8-14)12-9-15-6-5-13-19-15/h14-15H,4-13,18H2,1-3H3. The third kappa shape index (κ3) is 3.95. The molecule has 0 spiro atoms. The van der Waals surface area contributed by atoms with Crippen molar-refractivity contribution in [1.82, 2.24) is 0 Å². The van der Waals surface area contributed by atoms with E-state index >= 15 is 0 Å². The number of ether oxygens (including phenoxy) is 1. The summed E-state index contributed by atoms with van der Waals surface area (Å²) in [5.41, 5.74) is 7.23. The molecule has 0 amide bonds. The maximum Gasteiger partial charge on any atom is 0.0576 e. The number of rotatable bonds is 5. The van der Waals surface area contributed by atoms with Crippen LogP contribution in [0, 0.1) is 11.3 Å². The SMILES string of the molecule is CCC(C)(C)C1CCC(N)(CCC2CCCO2)CC1. The van der Waals surface area contributed by atoms with Gasteiger partial charge in [0.2, 0.25) is 0 Å². The lowest BCUT2D eigenvalue weighted by Crippen LogP contribution is -2.45. The third-order valence-corrected chi connectivity index (χ3v) is 5.99. The van der Waals surface area contributed by atoms with Crippen LogP contribution in [0.15, 0.2) is 0 Å². The highest BCUT2D eigenvalue weighted by molar-refractivity contribution is 4.93. The van der Waals surface area contributed by atoms with E-state index in [0.29, 0.717) is 11.5 Å². The quantitative estimate of drug-likeness (QED) is 0.807. The Kier molecular flexibility index (Phi) is 4.94. The van der Waals surface area contributed by atoms with Crippen LogP contribution in [0.1, 0.15) is 78.6 Å². The first-order valence-electron chi connectivity index (χ1n) is 8.36. The fourth-order valence-corrected chi connectivity index (χ4v) is 3.83. The summed E-state index contributed by atoms with van der Waals surface area (Å²) < 4.78 is 5.73. The lowest BCUT2D eigenvalue weighted by atomic mass is 9.65. The average Bonchev–Trinajstić information content (AvgIpc) is 2.90. The molecule has 19 heavy (non-hydrogen) atoms. The minimum absolute atomic E-state index is 0.103. The van der Waals surface area contributed by atoms with Gasteiger partial charge in [0, 0.05) is 12.1 Å². The average molecular weight is 267 g/mol. The van der Waals surface area contributed by atoms with E-state index in [9.17, 15) is 0 Å². The molecule has 0 radical (unpaired) electrons. The molecule has 1 aliphatic heterocycles. The van der Waals surface area contributed by atoms with Crippen molar-refractivity contribution >= 4 is 0 Å². The third-order valence-electron chi connectivity index (χ3n) is 5.99. The van der Waals surface area contributed by atoms with Gasteiger partial charge in [-0.25, -0.2) is 0 Å².